The third-order valence-electron chi connectivity index (χ3n) is 4.37. The maximum absolute atomic E-state index is 11.4. The zero-order chi connectivity index (χ0) is 17.1. The van der Waals surface area contributed by atoms with E-state index in [1.54, 1.807) is 6.92 Å². The molecule has 0 saturated heterocycles. The first-order chi connectivity index (χ1) is 11.6. The van der Waals surface area contributed by atoms with Gasteiger partial charge in [-0.2, -0.15) is 0 Å². The van der Waals surface area contributed by atoms with Gasteiger partial charge in [0.2, 0.25) is 0 Å². The van der Waals surface area contributed by atoms with Gasteiger partial charge in [0.15, 0.2) is 0 Å². The molecule has 0 aliphatic heterocycles. The average Bonchev–Trinajstić information content (AvgIpc) is 2.60. The summed E-state index contributed by atoms with van der Waals surface area (Å²) in [5.41, 5.74) is 2.46. The van der Waals surface area contributed by atoms with E-state index in [-0.39, 0.29) is 13.2 Å². The predicted molar refractivity (Wildman–Crippen MR) is 93.5 cm³/mol. The van der Waals surface area contributed by atoms with E-state index < -0.39 is 5.97 Å². The van der Waals surface area contributed by atoms with Crippen LogP contribution in [-0.2, 0) is 22.4 Å². The molecule has 4 heteroatoms. The van der Waals surface area contributed by atoms with Gasteiger partial charge in [-0.05, 0) is 32.6 Å². The lowest BCUT2D eigenvalue weighted by Gasteiger charge is -2.23. The number of phenols is 1. The molecule has 1 N–H and O–H groups in total. The van der Waals surface area contributed by atoms with Crippen molar-refractivity contribution >= 4 is 16.7 Å². The van der Waals surface area contributed by atoms with Gasteiger partial charge in [0.1, 0.15) is 24.7 Å². The van der Waals surface area contributed by atoms with Crippen LogP contribution in [0.25, 0.3) is 10.8 Å². The van der Waals surface area contributed by atoms with Crippen molar-refractivity contribution in [1.82, 2.24) is 0 Å². The molecule has 3 rings (SSSR count). The minimum absolute atomic E-state index is 0.176. The lowest BCUT2D eigenvalue weighted by molar-refractivity contribution is -0.139. The van der Waals surface area contributed by atoms with Crippen LogP contribution in [0.3, 0.4) is 0 Å². The van der Waals surface area contributed by atoms with Crippen LogP contribution in [-0.4, -0.2) is 24.3 Å². The van der Waals surface area contributed by atoms with Crippen LogP contribution in [0, 0.1) is 0 Å². The number of aromatic hydroxyl groups is 1. The van der Waals surface area contributed by atoms with Crippen LogP contribution in [0.5, 0.6) is 11.5 Å². The van der Waals surface area contributed by atoms with Crippen molar-refractivity contribution in [3.05, 3.63) is 47.5 Å². The number of carbonyl (C=O) groups is 1. The summed E-state index contributed by atoms with van der Waals surface area (Å²) in [7, 11) is 0. The highest BCUT2D eigenvalue weighted by atomic mass is 16.6. The predicted octanol–water partition coefficient (Wildman–Crippen LogP) is 3.92. The van der Waals surface area contributed by atoms with Crippen LogP contribution < -0.4 is 4.74 Å². The van der Waals surface area contributed by atoms with Gasteiger partial charge in [-0.25, -0.2) is 4.79 Å². The summed E-state index contributed by atoms with van der Waals surface area (Å²) in [5, 5.41) is 12.3. The number of esters is 1. The third-order valence-corrected chi connectivity index (χ3v) is 4.37. The summed E-state index contributed by atoms with van der Waals surface area (Å²) in [5.74, 6) is 0.780. The molecule has 0 unspecified atom stereocenters. The largest absolute Gasteiger partial charge is 0.507 e. The number of hydrogen-bond donors (Lipinski definition) is 1. The minimum Gasteiger partial charge on any atom is -0.507 e. The summed E-state index contributed by atoms with van der Waals surface area (Å²) >= 11 is 0. The van der Waals surface area contributed by atoms with Gasteiger partial charge >= 0.3 is 5.97 Å². The molecule has 0 aromatic heterocycles. The highest BCUT2D eigenvalue weighted by molar-refractivity contribution is 5.96. The standard InChI is InChI=1S/C20H22O4/c1-13(2)20(22)24-12-11-23-19-16-9-5-3-7-14(16)18(21)15-8-4-6-10-17(15)19/h3,5,7,9,21H,1,4,6,8,10-12H2,2H3. The summed E-state index contributed by atoms with van der Waals surface area (Å²) < 4.78 is 11.1. The van der Waals surface area contributed by atoms with E-state index in [2.05, 4.69) is 6.58 Å². The third kappa shape index (κ3) is 3.09. The van der Waals surface area contributed by atoms with Crippen molar-refractivity contribution in [3.8, 4) is 11.5 Å². The lowest BCUT2D eigenvalue weighted by atomic mass is 9.87. The lowest BCUT2D eigenvalue weighted by Crippen LogP contribution is -2.14. The monoisotopic (exact) mass is 326 g/mol. The Balaban J connectivity index is 1.88. The second kappa shape index (κ2) is 6.95. The summed E-state index contributed by atoms with van der Waals surface area (Å²) in [6, 6.07) is 7.72. The van der Waals surface area contributed by atoms with Crippen LogP contribution in [0.2, 0.25) is 0 Å². The fraction of sp³-hybridized carbons (Fsp3) is 0.350. The molecule has 2 aromatic rings. The Hall–Kier alpha value is -2.49. The van der Waals surface area contributed by atoms with E-state index in [9.17, 15) is 9.90 Å². The number of phenolic OH excluding ortho intramolecular Hbond substituents is 1. The molecule has 0 atom stereocenters. The summed E-state index contributed by atoms with van der Waals surface area (Å²) in [4.78, 5) is 11.4. The Morgan fingerprint density at radius 3 is 2.50 bits per heavy atom. The Morgan fingerprint density at radius 1 is 1.12 bits per heavy atom. The summed E-state index contributed by atoms with van der Waals surface area (Å²) in [6.07, 6.45) is 3.93. The number of benzene rings is 2. The normalized spacial score (nSPS) is 13.4. The van der Waals surface area contributed by atoms with Gasteiger partial charge in [-0.1, -0.05) is 30.8 Å². The second-order valence-corrected chi connectivity index (χ2v) is 6.15. The van der Waals surface area contributed by atoms with E-state index in [1.165, 1.54) is 0 Å². The van der Waals surface area contributed by atoms with Crippen molar-refractivity contribution in [2.75, 3.05) is 13.2 Å². The smallest absolute Gasteiger partial charge is 0.333 e. The van der Waals surface area contributed by atoms with E-state index in [1.807, 2.05) is 24.3 Å². The topological polar surface area (TPSA) is 55.8 Å². The van der Waals surface area contributed by atoms with E-state index in [0.717, 1.165) is 53.3 Å². The fourth-order valence-electron chi connectivity index (χ4n) is 3.20. The molecule has 0 spiro atoms. The first-order valence-electron chi connectivity index (χ1n) is 8.30. The molecular formula is C20H22O4. The molecule has 0 saturated carbocycles. The Kier molecular flexibility index (Phi) is 4.74. The molecule has 2 aromatic carbocycles. The van der Waals surface area contributed by atoms with Crippen molar-refractivity contribution in [2.45, 2.75) is 32.6 Å². The van der Waals surface area contributed by atoms with Crippen molar-refractivity contribution in [1.29, 1.82) is 0 Å². The molecular weight excluding hydrogens is 304 g/mol. The van der Waals surface area contributed by atoms with Crippen LogP contribution in [0.15, 0.2) is 36.4 Å². The zero-order valence-electron chi connectivity index (χ0n) is 13.9. The maximum atomic E-state index is 11.4. The number of hydrogen-bond acceptors (Lipinski definition) is 4. The van der Waals surface area contributed by atoms with E-state index in [0.29, 0.717) is 11.3 Å². The molecule has 0 radical (unpaired) electrons. The molecule has 0 amide bonds. The molecule has 1 aliphatic carbocycles. The molecule has 0 heterocycles. The summed E-state index contributed by atoms with van der Waals surface area (Å²) in [6.45, 7) is 5.63. The van der Waals surface area contributed by atoms with Crippen molar-refractivity contribution in [3.63, 3.8) is 0 Å². The average molecular weight is 326 g/mol. The highest BCUT2D eigenvalue weighted by Gasteiger charge is 2.22. The van der Waals surface area contributed by atoms with Gasteiger partial charge in [0, 0.05) is 27.5 Å². The molecule has 0 fully saturated rings. The number of ether oxygens (including phenoxy) is 2. The maximum Gasteiger partial charge on any atom is 0.333 e. The van der Waals surface area contributed by atoms with E-state index in [4.69, 9.17) is 9.47 Å². The molecule has 1 aliphatic rings. The Labute approximate surface area is 141 Å². The SMILES string of the molecule is C=C(C)C(=O)OCCOc1c2c(c(O)c3ccccc13)CCCC2. The second-order valence-electron chi connectivity index (χ2n) is 6.15. The Morgan fingerprint density at radius 2 is 1.79 bits per heavy atom. The van der Waals surface area contributed by atoms with Gasteiger partial charge < -0.3 is 14.6 Å². The van der Waals surface area contributed by atoms with Gasteiger partial charge in [0.05, 0.1) is 0 Å². The van der Waals surface area contributed by atoms with Gasteiger partial charge in [-0.3, -0.25) is 0 Å². The van der Waals surface area contributed by atoms with Gasteiger partial charge in [0.25, 0.3) is 0 Å². The van der Waals surface area contributed by atoms with Crippen LogP contribution in [0.1, 0.15) is 30.9 Å². The fourth-order valence-corrected chi connectivity index (χ4v) is 3.20. The van der Waals surface area contributed by atoms with Crippen molar-refractivity contribution in [2.24, 2.45) is 0 Å². The Bertz CT molecular complexity index is 792. The minimum atomic E-state index is -0.406. The first-order valence-corrected chi connectivity index (χ1v) is 8.30. The van der Waals surface area contributed by atoms with Gasteiger partial charge in [-0.15, -0.1) is 0 Å². The number of rotatable bonds is 5. The molecule has 0 bridgehead atoms. The molecule has 4 nitrogen and oxygen atoms in total. The number of carbonyl (C=O) groups excluding carboxylic acids is 1. The van der Waals surface area contributed by atoms with Crippen LogP contribution in [0.4, 0.5) is 0 Å². The highest BCUT2D eigenvalue weighted by Crippen LogP contribution is 2.43. The number of fused-ring (bicyclic) bond motifs is 2. The quantitative estimate of drug-likeness (QED) is 0.514. The van der Waals surface area contributed by atoms with Crippen molar-refractivity contribution < 1.29 is 19.4 Å². The molecule has 24 heavy (non-hydrogen) atoms. The molecule has 126 valence electrons. The first kappa shape index (κ1) is 16.4. The van der Waals surface area contributed by atoms with Crippen LogP contribution >= 0.6 is 0 Å². The van der Waals surface area contributed by atoms with E-state index >= 15 is 0 Å². The zero-order valence-corrected chi connectivity index (χ0v) is 13.9.